The van der Waals surface area contributed by atoms with Crippen molar-refractivity contribution in [3.63, 3.8) is 0 Å². The van der Waals surface area contributed by atoms with Crippen molar-refractivity contribution < 1.29 is 4.79 Å². The van der Waals surface area contributed by atoms with E-state index in [0.29, 0.717) is 17.4 Å². The fraction of sp³-hybridized carbons (Fsp3) is 0.308. The fourth-order valence-corrected chi connectivity index (χ4v) is 5.28. The van der Waals surface area contributed by atoms with Crippen molar-refractivity contribution in [2.45, 2.75) is 43.7 Å². The molecule has 2 fully saturated rings. The number of carbonyl (C=O) groups is 1. The zero-order valence-corrected chi connectivity index (χ0v) is 18.6. The van der Waals surface area contributed by atoms with Crippen LogP contribution in [0.1, 0.15) is 60.5 Å². The molecule has 1 saturated carbocycles. The van der Waals surface area contributed by atoms with Gasteiger partial charge in [0, 0.05) is 28.6 Å². The molecule has 3 aromatic rings. The van der Waals surface area contributed by atoms with Crippen LogP contribution in [0.15, 0.2) is 72.9 Å². The first-order chi connectivity index (χ1) is 15.1. The van der Waals surface area contributed by atoms with Gasteiger partial charge in [-0.3, -0.25) is 9.78 Å². The Labute approximate surface area is 193 Å². The smallest absolute Gasteiger partial charge is 0.223 e. The van der Waals surface area contributed by atoms with Crippen molar-refractivity contribution in [2.24, 2.45) is 5.92 Å². The summed E-state index contributed by atoms with van der Waals surface area (Å²) < 4.78 is 0. The molecule has 0 radical (unpaired) electrons. The zero-order valence-electron chi connectivity index (χ0n) is 17.1. The number of pyridine rings is 1. The monoisotopic (exact) mass is 450 g/mol. The van der Waals surface area contributed by atoms with Gasteiger partial charge in [0.05, 0.1) is 17.8 Å². The number of piperidine rings is 1. The summed E-state index contributed by atoms with van der Waals surface area (Å²) in [5.74, 6) is 0.801. The van der Waals surface area contributed by atoms with Crippen LogP contribution < -0.4 is 0 Å². The van der Waals surface area contributed by atoms with Crippen LogP contribution in [0, 0.1) is 5.92 Å². The van der Waals surface area contributed by atoms with E-state index in [-0.39, 0.29) is 23.9 Å². The van der Waals surface area contributed by atoms with E-state index < -0.39 is 0 Å². The number of halogens is 2. The number of aromatic nitrogens is 1. The molecule has 3 atom stereocenters. The highest BCUT2D eigenvalue weighted by atomic mass is 35.5. The highest BCUT2D eigenvalue weighted by Crippen LogP contribution is 2.52. The molecular weight excluding hydrogens is 427 g/mol. The van der Waals surface area contributed by atoms with Gasteiger partial charge >= 0.3 is 0 Å². The number of amides is 1. The van der Waals surface area contributed by atoms with Crippen LogP contribution in [0.3, 0.4) is 0 Å². The third-order valence-corrected chi connectivity index (χ3v) is 6.97. The van der Waals surface area contributed by atoms with E-state index in [0.717, 1.165) is 35.5 Å². The first-order valence-corrected chi connectivity index (χ1v) is 11.6. The summed E-state index contributed by atoms with van der Waals surface area (Å²) in [6.45, 7) is 0. The van der Waals surface area contributed by atoms with Gasteiger partial charge in [0.1, 0.15) is 0 Å². The molecule has 1 amide bonds. The Hall–Kier alpha value is -2.36. The molecule has 1 aliphatic heterocycles. The standard InChI is InChI=1S/C26H24Cl2N2O/c27-20-11-9-17(10-12-20)25-22(19-4-3-5-21(28)16-19)13-14-24(31)30(25)26(18-7-8-18)23-6-1-2-15-29-23/h1-6,9-12,15-16,18,22,25-26H,7-8,13-14H2/t22-,25-,26?/m1/s1. The van der Waals surface area contributed by atoms with Crippen LogP contribution in [0.5, 0.6) is 0 Å². The Morgan fingerprint density at radius 3 is 2.35 bits per heavy atom. The quantitative estimate of drug-likeness (QED) is 0.419. The van der Waals surface area contributed by atoms with Crippen molar-refractivity contribution >= 4 is 29.1 Å². The zero-order chi connectivity index (χ0) is 21.4. The molecule has 3 nitrogen and oxygen atoms in total. The Balaban J connectivity index is 1.64. The van der Waals surface area contributed by atoms with Gasteiger partial charge in [-0.05, 0) is 72.7 Å². The predicted octanol–water partition coefficient (Wildman–Crippen LogP) is 6.99. The number of nitrogens with zero attached hydrogens (tertiary/aromatic N) is 2. The lowest BCUT2D eigenvalue weighted by molar-refractivity contribution is -0.142. The summed E-state index contributed by atoms with van der Waals surface area (Å²) >= 11 is 12.6. The van der Waals surface area contributed by atoms with Gasteiger partial charge in [-0.2, -0.15) is 0 Å². The first-order valence-electron chi connectivity index (χ1n) is 10.8. The Kier molecular flexibility index (Phi) is 5.73. The lowest BCUT2D eigenvalue weighted by Gasteiger charge is -2.46. The molecule has 158 valence electrons. The first kappa shape index (κ1) is 20.5. The number of rotatable bonds is 5. The van der Waals surface area contributed by atoms with Gasteiger partial charge in [-0.25, -0.2) is 0 Å². The van der Waals surface area contributed by atoms with Crippen molar-refractivity contribution in [3.05, 3.63) is 99.8 Å². The molecule has 1 unspecified atom stereocenters. The average molecular weight is 451 g/mol. The molecule has 5 heteroatoms. The van der Waals surface area contributed by atoms with E-state index in [1.165, 1.54) is 5.56 Å². The van der Waals surface area contributed by atoms with Gasteiger partial charge in [-0.1, -0.05) is 53.5 Å². The minimum atomic E-state index is -0.0930. The average Bonchev–Trinajstić information content (AvgIpc) is 3.62. The molecule has 2 heterocycles. The summed E-state index contributed by atoms with van der Waals surface area (Å²) in [6, 6.07) is 21.9. The number of benzene rings is 2. The predicted molar refractivity (Wildman–Crippen MR) is 124 cm³/mol. The molecule has 1 saturated heterocycles. The van der Waals surface area contributed by atoms with Crippen LogP contribution in [0.2, 0.25) is 10.0 Å². The molecule has 31 heavy (non-hydrogen) atoms. The number of carbonyl (C=O) groups excluding carboxylic acids is 1. The Bertz CT molecular complexity index is 1070. The SMILES string of the molecule is O=C1CC[C@H](c2cccc(Cl)c2)[C@@H](c2ccc(Cl)cc2)N1C(c1ccccn1)C1CC1. The molecule has 0 N–H and O–H groups in total. The second-order valence-electron chi connectivity index (χ2n) is 8.53. The number of hydrogen-bond donors (Lipinski definition) is 0. The van der Waals surface area contributed by atoms with Crippen LogP contribution >= 0.6 is 23.2 Å². The minimum absolute atomic E-state index is 0.0173. The summed E-state index contributed by atoms with van der Waals surface area (Å²) in [4.78, 5) is 20.3. The number of hydrogen-bond acceptors (Lipinski definition) is 2. The van der Waals surface area contributed by atoms with Crippen LogP contribution in [-0.2, 0) is 4.79 Å². The number of likely N-dealkylation sites (tertiary alicyclic amines) is 1. The van der Waals surface area contributed by atoms with E-state index in [1.807, 2.05) is 48.7 Å². The maximum Gasteiger partial charge on any atom is 0.223 e. The normalized spacial score (nSPS) is 22.4. The van der Waals surface area contributed by atoms with Gasteiger partial charge in [0.2, 0.25) is 5.91 Å². The summed E-state index contributed by atoms with van der Waals surface area (Å²) in [6.07, 6.45) is 5.39. The third kappa shape index (κ3) is 4.22. The molecule has 5 rings (SSSR count). The van der Waals surface area contributed by atoms with E-state index in [4.69, 9.17) is 23.2 Å². The molecule has 1 aromatic heterocycles. The van der Waals surface area contributed by atoms with Crippen LogP contribution in [0.25, 0.3) is 0 Å². The highest BCUT2D eigenvalue weighted by Gasteiger charge is 2.47. The van der Waals surface area contributed by atoms with E-state index in [2.05, 4.69) is 34.1 Å². The van der Waals surface area contributed by atoms with E-state index >= 15 is 0 Å². The third-order valence-electron chi connectivity index (χ3n) is 6.49. The lowest BCUT2D eigenvalue weighted by atomic mass is 9.78. The minimum Gasteiger partial charge on any atom is -0.326 e. The second-order valence-corrected chi connectivity index (χ2v) is 9.41. The second kappa shape index (κ2) is 8.64. The van der Waals surface area contributed by atoms with Crippen LogP contribution in [-0.4, -0.2) is 15.8 Å². The van der Waals surface area contributed by atoms with Gasteiger partial charge in [0.25, 0.3) is 0 Å². The van der Waals surface area contributed by atoms with Crippen molar-refractivity contribution in [1.82, 2.24) is 9.88 Å². The highest BCUT2D eigenvalue weighted by molar-refractivity contribution is 6.30. The summed E-state index contributed by atoms with van der Waals surface area (Å²) in [7, 11) is 0. The molecule has 1 aliphatic carbocycles. The Morgan fingerprint density at radius 2 is 1.68 bits per heavy atom. The molecular formula is C26H24Cl2N2O. The Morgan fingerprint density at radius 1 is 0.871 bits per heavy atom. The van der Waals surface area contributed by atoms with Crippen molar-refractivity contribution in [3.8, 4) is 0 Å². The maximum atomic E-state index is 13.5. The maximum absolute atomic E-state index is 13.5. The molecule has 2 aliphatic rings. The van der Waals surface area contributed by atoms with Gasteiger partial charge in [0.15, 0.2) is 0 Å². The lowest BCUT2D eigenvalue weighted by Crippen LogP contribution is -2.45. The van der Waals surface area contributed by atoms with Gasteiger partial charge in [-0.15, -0.1) is 0 Å². The van der Waals surface area contributed by atoms with Crippen molar-refractivity contribution in [1.29, 1.82) is 0 Å². The largest absolute Gasteiger partial charge is 0.326 e. The van der Waals surface area contributed by atoms with Crippen LogP contribution in [0.4, 0.5) is 0 Å². The summed E-state index contributed by atoms with van der Waals surface area (Å²) in [5.41, 5.74) is 3.24. The molecule has 0 bridgehead atoms. The van der Waals surface area contributed by atoms with Gasteiger partial charge < -0.3 is 4.90 Å². The van der Waals surface area contributed by atoms with Crippen molar-refractivity contribution in [2.75, 3.05) is 0 Å². The van der Waals surface area contributed by atoms with E-state index in [9.17, 15) is 4.79 Å². The van der Waals surface area contributed by atoms with E-state index in [1.54, 1.807) is 0 Å². The summed E-state index contributed by atoms with van der Waals surface area (Å²) in [5, 5.41) is 1.42. The topological polar surface area (TPSA) is 33.2 Å². The molecule has 0 spiro atoms. The molecule has 2 aromatic carbocycles. The fourth-order valence-electron chi connectivity index (χ4n) is 4.96.